The molecule has 0 aliphatic heterocycles. The maximum absolute atomic E-state index is 12.6. The van der Waals surface area contributed by atoms with Crippen molar-refractivity contribution in [3.63, 3.8) is 0 Å². The molecule has 0 spiro atoms. The Morgan fingerprint density at radius 2 is 1.82 bits per heavy atom. The Bertz CT molecular complexity index is 208. The van der Waals surface area contributed by atoms with Crippen molar-refractivity contribution in [2.45, 2.75) is 52.2 Å². The molecule has 0 bridgehead atoms. The number of nitrogens with two attached hydrogens (primary N) is 1. The zero-order valence-electron chi connectivity index (χ0n) is 12.1. The molecule has 0 saturated heterocycles. The van der Waals surface area contributed by atoms with Gasteiger partial charge in [0.1, 0.15) is 6.67 Å². The lowest BCUT2D eigenvalue weighted by atomic mass is 9.98. The minimum absolute atomic E-state index is 0.0422. The molecule has 0 atom stereocenters. The Kier molecular flexibility index (Phi) is 7.21. The van der Waals surface area contributed by atoms with Gasteiger partial charge < -0.3 is 10.5 Å². The van der Waals surface area contributed by atoms with Crippen LogP contribution in [0.1, 0.15) is 41.0 Å². The molecule has 0 aliphatic carbocycles. The molecule has 0 aromatic carbocycles. The molecule has 0 heterocycles. The Morgan fingerprint density at radius 1 is 1.24 bits per heavy atom. The summed E-state index contributed by atoms with van der Waals surface area (Å²) in [6, 6.07) is 0. The molecule has 0 unspecified atom stereocenters. The van der Waals surface area contributed by atoms with Gasteiger partial charge in [0.15, 0.2) is 0 Å². The van der Waals surface area contributed by atoms with E-state index in [2.05, 4.69) is 25.7 Å². The number of hydrogen-bond donors (Lipinski definition) is 1. The molecule has 0 radical (unpaired) electrons. The van der Waals surface area contributed by atoms with Crippen molar-refractivity contribution in [3.05, 3.63) is 0 Å². The van der Waals surface area contributed by atoms with Crippen molar-refractivity contribution in [2.24, 2.45) is 5.73 Å². The molecule has 104 valence electrons. The summed E-state index contributed by atoms with van der Waals surface area (Å²) in [5.74, 6) is 0. The predicted molar refractivity (Wildman–Crippen MR) is 71.0 cm³/mol. The van der Waals surface area contributed by atoms with Gasteiger partial charge in [-0.3, -0.25) is 4.90 Å². The van der Waals surface area contributed by atoms with Gasteiger partial charge in [-0.2, -0.15) is 0 Å². The number of ether oxygens (including phenoxy) is 1. The third-order valence-electron chi connectivity index (χ3n) is 3.17. The summed E-state index contributed by atoms with van der Waals surface area (Å²) < 4.78 is 18.1. The average molecular weight is 248 g/mol. The third-order valence-corrected chi connectivity index (χ3v) is 3.17. The van der Waals surface area contributed by atoms with E-state index in [0.717, 1.165) is 19.5 Å². The second-order valence-corrected chi connectivity index (χ2v) is 5.67. The summed E-state index contributed by atoms with van der Waals surface area (Å²) in [6.45, 7) is 12.7. The highest BCUT2D eigenvalue weighted by atomic mass is 19.1. The lowest BCUT2D eigenvalue weighted by Crippen LogP contribution is -2.47. The Balaban J connectivity index is 4.15. The molecule has 0 fully saturated rings. The van der Waals surface area contributed by atoms with E-state index in [0.29, 0.717) is 13.2 Å². The van der Waals surface area contributed by atoms with Gasteiger partial charge in [0.25, 0.3) is 0 Å². The van der Waals surface area contributed by atoms with E-state index < -0.39 is 12.3 Å². The third kappa shape index (κ3) is 6.34. The van der Waals surface area contributed by atoms with Crippen molar-refractivity contribution in [3.8, 4) is 0 Å². The highest BCUT2D eigenvalue weighted by Gasteiger charge is 2.26. The van der Waals surface area contributed by atoms with Crippen LogP contribution in [0.3, 0.4) is 0 Å². The largest absolute Gasteiger partial charge is 0.373 e. The summed E-state index contributed by atoms with van der Waals surface area (Å²) in [4.78, 5) is 2.33. The topological polar surface area (TPSA) is 38.5 Å². The molecule has 0 amide bonds. The van der Waals surface area contributed by atoms with Crippen LogP contribution in [0.25, 0.3) is 0 Å². The van der Waals surface area contributed by atoms with Crippen LogP contribution in [0.5, 0.6) is 0 Å². The first-order chi connectivity index (χ1) is 7.79. The summed E-state index contributed by atoms with van der Waals surface area (Å²) in [6.07, 6.45) is 0.879. The standard InChI is InChI=1S/C13H29FN2O/c1-6-16(9-8-15)12(2,3)7-10-17-13(4,5)11-14/h6-11,15H2,1-5H3. The van der Waals surface area contributed by atoms with Crippen LogP contribution in [-0.2, 0) is 4.74 Å². The fourth-order valence-corrected chi connectivity index (χ4v) is 1.82. The van der Waals surface area contributed by atoms with Gasteiger partial charge in [0.05, 0.1) is 5.60 Å². The Hall–Kier alpha value is -0.190. The highest BCUT2D eigenvalue weighted by Crippen LogP contribution is 2.20. The van der Waals surface area contributed by atoms with Crippen LogP contribution >= 0.6 is 0 Å². The van der Waals surface area contributed by atoms with E-state index in [1.54, 1.807) is 13.8 Å². The number of halogens is 1. The first-order valence-corrected chi connectivity index (χ1v) is 6.44. The number of hydrogen-bond acceptors (Lipinski definition) is 3. The minimum atomic E-state index is -0.666. The SMILES string of the molecule is CCN(CCN)C(C)(C)CCOC(C)(C)CF. The first kappa shape index (κ1) is 16.8. The fraction of sp³-hybridized carbons (Fsp3) is 1.00. The number of rotatable bonds is 9. The fourth-order valence-electron chi connectivity index (χ4n) is 1.82. The lowest BCUT2D eigenvalue weighted by Gasteiger charge is -2.38. The zero-order valence-corrected chi connectivity index (χ0v) is 12.1. The van der Waals surface area contributed by atoms with E-state index in [9.17, 15) is 4.39 Å². The van der Waals surface area contributed by atoms with E-state index in [1.807, 2.05) is 0 Å². The van der Waals surface area contributed by atoms with E-state index in [4.69, 9.17) is 10.5 Å². The molecule has 4 heteroatoms. The average Bonchev–Trinajstić information content (AvgIpc) is 2.25. The zero-order chi connectivity index (χ0) is 13.5. The van der Waals surface area contributed by atoms with Crippen molar-refractivity contribution in [2.75, 3.05) is 32.9 Å². The highest BCUT2D eigenvalue weighted by molar-refractivity contribution is 4.81. The van der Waals surface area contributed by atoms with Gasteiger partial charge >= 0.3 is 0 Å². The first-order valence-electron chi connectivity index (χ1n) is 6.44. The summed E-state index contributed by atoms with van der Waals surface area (Å²) >= 11 is 0. The van der Waals surface area contributed by atoms with Crippen molar-refractivity contribution < 1.29 is 9.13 Å². The maximum Gasteiger partial charge on any atom is 0.118 e. The van der Waals surface area contributed by atoms with E-state index >= 15 is 0 Å². The van der Waals surface area contributed by atoms with Gasteiger partial charge in [-0.05, 0) is 40.7 Å². The number of nitrogens with zero attached hydrogens (tertiary/aromatic N) is 1. The smallest absolute Gasteiger partial charge is 0.118 e. The minimum Gasteiger partial charge on any atom is -0.373 e. The van der Waals surface area contributed by atoms with Crippen molar-refractivity contribution in [1.82, 2.24) is 4.90 Å². The second kappa shape index (κ2) is 7.29. The monoisotopic (exact) mass is 248 g/mol. The Morgan fingerprint density at radius 3 is 2.24 bits per heavy atom. The molecule has 0 aromatic rings. The lowest BCUT2D eigenvalue weighted by molar-refractivity contribution is -0.0483. The second-order valence-electron chi connectivity index (χ2n) is 5.67. The summed E-state index contributed by atoms with van der Waals surface area (Å²) in [7, 11) is 0. The van der Waals surface area contributed by atoms with E-state index in [-0.39, 0.29) is 5.54 Å². The van der Waals surface area contributed by atoms with Crippen molar-refractivity contribution in [1.29, 1.82) is 0 Å². The van der Waals surface area contributed by atoms with Crippen LogP contribution in [0, 0.1) is 0 Å². The van der Waals surface area contributed by atoms with Gasteiger partial charge in [-0.15, -0.1) is 0 Å². The van der Waals surface area contributed by atoms with Crippen LogP contribution < -0.4 is 5.73 Å². The van der Waals surface area contributed by atoms with Crippen molar-refractivity contribution >= 4 is 0 Å². The predicted octanol–water partition coefficient (Wildman–Crippen LogP) is 2.20. The number of likely N-dealkylation sites (N-methyl/N-ethyl adjacent to an activating group) is 1. The van der Waals surface area contributed by atoms with E-state index in [1.165, 1.54) is 0 Å². The molecule has 0 aromatic heterocycles. The molecule has 3 nitrogen and oxygen atoms in total. The van der Waals surface area contributed by atoms with Gasteiger partial charge in [-0.25, -0.2) is 4.39 Å². The van der Waals surface area contributed by atoms with Gasteiger partial charge in [0, 0.05) is 25.2 Å². The molecule has 0 aliphatic rings. The Labute approximate surface area is 105 Å². The maximum atomic E-state index is 12.6. The molecule has 17 heavy (non-hydrogen) atoms. The number of alkyl halides is 1. The van der Waals surface area contributed by atoms with Crippen LogP contribution in [0.2, 0.25) is 0 Å². The molecule has 2 N–H and O–H groups in total. The van der Waals surface area contributed by atoms with Crippen LogP contribution in [0.4, 0.5) is 4.39 Å². The van der Waals surface area contributed by atoms with Crippen LogP contribution in [-0.4, -0.2) is 49.0 Å². The molecular formula is C13H29FN2O. The summed E-state index contributed by atoms with van der Waals surface area (Å²) in [5, 5.41) is 0. The molecule has 0 saturated carbocycles. The summed E-state index contributed by atoms with van der Waals surface area (Å²) in [5.41, 5.74) is 4.98. The molecule has 0 rings (SSSR count). The normalized spacial score (nSPS) is 13.4. The molecular weight excluding hydrogens is 219 g/mol. The quantitative estimate of drug-likeness (QED) is 0.680. The van der Waals surface area contributed by atoms with Gasteiger partial charge in [0.2, 0.25) is 0 Å². The van der Waals surface area contributed by atoms with Crippen LogP contribution in [0.15, 0.2) is 0 Å². The van der Waals surface area contributed by atoms with Gasteiger partial charge in [-0.1, -0.05) is 6.92 Å².